The fraction of sp³-hybridized carbons (Fsp3) is 0.0345. The van der Waals surface area contributed by atoms with Gasteiger partial charge in [-0.3, -0.25) is 0 Å². The lowest BCUT2D eigenvalue weighted by Gasteiger charge is -2.37. The van der Waals surface area contributed by atoms with Crippen molar-refractivity contribution in [1.29, 1.82) is 0 Å². The van der Waals surface area contributed by atoms with Gasteiger partial charge in [0.2, 0.25) is 0 Å². The summed E-state index contributed by atoms with van der Waals surface area (Å²) in [5, 5.41) is 12.5. The smallest absolute Gasteiger partial charge is 0.123 e. The van der Waals surface area contributed by atoms with Crippen LogP contribution in [0.2, 0.25) is 0 Å². The lowest BCUT2D eigenvalue weighted by Crippen LogP contribution is -2.31. The summed E-state index contributed by atoms with van der Waals surface area (Å²) in [5.41, 5.74) is 4.21. The van der Waals surface area contributed by atoms with Crippen LogP contribution in [0.5, 0.6) is 5.75 Å². The van der Waals surface area contributed by atoms with Gasteiger partial charge >= 0.3 is 0 Å². The van der Waals surface area contributed by atoms with E-state index in [-0.39, 0.29) is 0 Å². The largest absolute Gasteiger partial charge is 0.507 e. The quantitative estimate of drug-likeness (QED) is 0.332. The molecule has 0 heterocycles. The molecule has 0 radical (unpaired) electrons. The van der Waals surface area contributed by atoms with E-state index in [4.69, 9.17) is 0 Å². The SMILES string of the molecule is Oc1ccc(C(c2ccccc2)(c2ccccc2)c2ccccc2)c2ccccc12. The van der Waals surface area contributed by atoms with Crippen molar-refractivity contribution in [3.63, 3.8) is 0 Å². The molecular formula is C29H22O. The van der Waals surface area contributed by atoms with E-state index < -0.39 is 5.41 Å². The normalized spacial score (nSPS) is 11.5. The molecule has 0 bridgehead atoms. The molecule has 0 aliphatic rings. The zero-order valence-corrected chi connectivity index (χ0v) is 16.6. The van der Waals surface area contributed by atoms with Crippen LogP contribution in [0, 0.1) is 0 Å². The molecule has 0 aliphatic heterocycles. The summed E-state index contributed by atoms with van der Waals surface area (Å²) in [4.78, 5) is 0. The summed E-state index contributed by atoms with van der Waals surface area (Å²) in [6.45, 7) is 0. The van der Waals surface area contributed by atoms with E-state index in [9.17, 15) is 5.11 Å². The molecule has 0 unspecified atom stereocenters. The second-order valence-corrected chi connectivity index (χ2v) is 7.53. The first-order valence-electron chi connectivity index (χ1n) is 10.2. The summed E-state index contributed by atoms with van der Waals surface area (Å²) in [6, 6.07) is 43.9. The van der Waals surface area contributed by atoms with Gasteiger partial charge in [-0.25, -0.2) is 0 Å². The third-order valence-corrected chi connectivity index (χ3v) is 5.93. The summed E-state index contributed by atoms with van der Waals surface area (Å²) < 4.78 is 0. The van der Waals surface area contributed by atoms with Crippen LogP contribution in [-0.2, 0) is 5.41 Å². The topological polar surface area (TPSA) is 20.2 Å². The number of hydrogen-bond donors (Lipinski definition) is 1. The highest BCUT2D eigenvalue weighted by atomic mass is 16.3. The highest BCUT2D eigenvalue weighted by Gasteiger charge is 2.39. The summed E-state index contributed by atoms with van der Waals surface area (Å²) in [5.74, 6) is 0.303. The fourth-order valence-electron chi connectivity index (χ4n) is 4.64. The van der Waals surface area contributed by atoms with Crippen molar-refractivity contribution >= 4 is 10.8 Å². The van der Waals surface area contributed by atoms with Crippen molar-refractivity contribution in [2.75, 3.05) is 0 Å². The third kappa shape index (κ3) is 2.79. The van der Waals surface area contributed by atoms with Crippen molar-refractivity contribution in [3.05, 3.63) is 150 Å². The first-order chi connectivity index (χ1) is 14.8. The van der Waals surface area contributed by atoms with E-state index in [2.05, 4.69) is 103 Å². The molecule has 0 atom stereocenters. The van der Waals surface area contributed by atoms with Crippen LogP contribution < -0.4 is 0 Å². The van der Waals surface area contributed by atoms with E-state index in [1.54, 1.807) is 0 Å². The van der Waals surface area contributed by atoms with Gasteiger partial charge in [-0.2, -0.15) is 0 Å². The van der Waals surface area contributed by atoms with Crippen molar-refractivity contribution in [1.82, 2.24) is 0 Å². The molecule has 0 spiro atoms. The molecule has 1 nitrogen and oxygen atoms in total. The van der Waals surface area contributed by atoms with Crippen LogP contribution in [0.3, 0.4) is 0 Å². The van der Waals surface area contributed by atoms with Crippen LogP contribution in [0.25, 0.3) is 10.8 Å². The van der Waals surface area contributed by atoms with Crippen LogP contribution in [0.15, 0.2) is 127 Å². The van der Waals surface area contributed by atoms with Crippen LogP contribution in [0.1, 0.15) is 22.3 Å². The van der Waals surface area contributed by atoms with Gasteiger partial charge < -0.3 is 5.11 Å². The molecule has 5 aromatic rings. The van der Waals surface area contributed by atoms with Gasteiger partial charge in [-0.1, -0.05) is 121 Å². The minimum Gasteiger partial charge on any atom is -0.507 e. The Morgan fingerprint density at radius 3 is 1.27 bits per heavy atom. The molecule has 0 aliphatic carbocycles. The summed E-state index contributed by atoms with van der Waals surface area (Å²) in [6.07, 6.45) is 0. The van der Waals surface area contributed by atoms with Crippen LogP contribution >= 0.6 is 0 Å². The number of fused-ring (bicyclic) bond motifs is 1. The van der Waals surface area contributed by atoms with Gasteiger partial charge in [0.25, 0.3) is 0 Å². The van der Waals surface area contributed by atoms with Crippen LogP contribution in [-0.4, -0.2) is 5.11 Å². The van der Waals surface area contributed by atoms with E-state index in [1.165, 1.54) is 16.7 Å². The second-order valence-electron chi connectivity index (χ2n) is 7.53. The molecule has 0 fully saturated rings. The zero-order chi connectivity index (χ0) is 20.4. The molecule has 5 aromatic carbocycles. The third-order valence-electron chi connectivity index (χ3n) is 5.93. The molecule has 1 N–H and O–H groups in total. The maximum absolute atomic E-state index is 10.6. The number of phenolic OH excluding ortho intramolecular Hbond substituents is 1. The highest BCUT2D eigenvalue weighted by Crippen LogP contribution is 2.48. The van der Waals surface area contributed by atoms with Crippen molar-refractivity contribution in [3.8, 4) is 5.75 Å². The Bertz CT molecular complexity index is 1180. The predicted octanol–water partition coefficient (Wildman–Crippen LogP) is 6.93. The molecule has 30 heavy (non-hydrogen) atoms. The van der Waals surface area contributed by atoms with Gasteiger partial charge in [-0.15, -0.1) is 0 Å². The number of rotatable bonds is 4. The van der Waals surface area contributed by atoms with Crippen molar-refractivity contribution in [2.45, 2.75) is 5.41 Å². The zero-order valence-electron chi connectivity index (χ0n) is 16.6. The van der Waals surface area contributed by atoms with Gasteiger partial charge in [0.1, 0.15) is 5.75 Å². The number of phenols is 1. The predicted molar refractivity (Wildman–Crippen MR) is 124 cm³/mol. The van der Waals surface area contributed by atoms with Gasteiger partial charge in [0, 0.05) is 5.39 Å². The Morgan fingerprint density at radius 2 is 0.800 bits per heavy atom. The Hall–Kier alpha value is -3.84. The monoisotopic (exact) mass is 386 g/mol. The lowest BCUT2D eigenvalue weighted by molar-refractivity contribution is 0.481. The van der Waals surface area contributed by atoms with Gasteiger partial charge in [0.15, 0.2) is 0 Å². The number of benzene rings is 5. The van der Waals surface area contributed by atoms with E-state index in [1.807, 2.05) is 24.3 Å². The van der Waals surface area contributed by atoms with Crippen molar-refractivity contribution < 1.29 is 5.11 Å². The molecular weight excluding hydrogens is 364 g/mol. The average Bonchev–Trinajstić information content (AvgIpc) is 2.83. The molecule has 0 saturated carbocycles. The highest BCUT2D eigenvalue weighted by molar-refractivity contribution is 5.93. The Kier molecular flexibility index (Phi) is 4.57. The fourth-order valence-corrected chi connectivity index (χ4v) is 4.64. The van der Waals surface area contributed by atoms with Gasteiger partial charge in [0.05, 0.1) is 5.41 Å². The molecule has 144 valence electrons. The second kappa shape index (κ2) is 7.53. The molecule has 0 aromatic heterocycles. The van der Waals surface area contributed by atoms with E-state index >= 15 is 0 Å². The first-order valence-corrected chi connectivity index (χ1v) is 10.2. The maximum atomic E-state index is 10.6. The Balaban J connectivity index is 2.00. The average molecular weight is 386 g/mol. The number of aromatic hydroxyl groups is 1. The Labute approximate surface area is 176 Å². The lowest BCUT2D eigenvalue weighted by atomic mass is 9.64. The first kappa shape index (κ1) is 18.2. The summed E-state index contributed by atoms with van der Waals surface area (Å²) in [7, 11) is 0. The minimum absolute atomic E-state index is 0.303. The molecule has 0 amide bonds. The molecule has 1 heteroatoms. The molecule has 5 rings (SSSR count). The van der Waals surface area contributed by atoms with E-state index in [0.29, 0.717) is 5.75 Å². The summed E-state index contributed by atoms with van der Waals surface area (Å²) >= 11 is 0. The number of hydrogen-bond acceptors (Lipinski definition) is 1. The maximum Gasteiger partial charge on any atom is 0.123 e. The van der Waals surface area contributed by atoms with Crippen molar-refractivity contribution in [2.24, 2.45) is 0 Å². The van der Waals surface area contributed by atoms with Gasteiger partial charge in [-0.05, 0) is 33.7 Å². The minimum atomic E-state index is -0.517. The van der Waals surface area contributed by atoms with Crippen LogP contribution in [0.4, 0.5) is 0 Å². The van der Waals surface area contributed by atoms with E-state index in [0.717, 1.165) is 16.3 Å². The Morgan fingerprint density at radius 1 is 0.400 bits per heavy atom. The standard InChI is InChI=1S/C29H22O/c30-28-21-20-27(25-18-10-11-19-26(25)28)29(22-12-4-1-5-13-22,23-14-6-2-7-15-23)24-16-8-3-9-17-24/h1-21,30H. The molecule has 0 saturated heterocycles.